The molecule has 0 saturated carbocycles. The van der Waals surface area contributed by atoms with Crippen LogP contribution in [0.3, 0.4) is 0 Å². The van der Waals surface area contributed by atoms with Crippen LogP contribution in [-0.2, 0) is 9.84 Å². The maximum Gasteiger partial charge on any atom is 0.209 e. The van der Waals surface area contributed by atoms with Gasteiger partial charge in [-0.15, -0.1) is 0 Å². The third-order valence-corrected chi connectivity index (χ3v) is 6.80. The Hall–Kier alpha value is -3.71. The molecule has 4 rings (SSSR count). The lowest BCUT2D eigenvalue weighted by Crippen LogP contribution is -2.11. The van der Waals surface area contributed by atoms with Gasteiger partial charge in [0.05, 0.1) is 22.0 Å². The van der Waals surface area contributed by atoms with Crippen LogP contribution in [-0.4, -0.2) is 8.42 Å². The average Bonchev–Trinajstić information content (AvgIpc) is 2.73. The molecule has 0 radical (unpaired) electrons. The molecule has 4 aromatic rings. The lowest BCUT2D eigenvalue weighted by molar-refractivity contribution is 0.597. The Morgan fingerprint density at radius 2 is 1.28 bits per heavy atom. The van der Waals surface area contributed by atoms with Crippen molar-refractivity contribution in [2.45, 2.75) is 9.79 Å². The zero-order valence-corrected chi connectivity index (χ0v) is 16.3. The van der Waals surface area contributed by atoms with E-state index in [0.29, 0.717) is 22.0 Å². The van der Waals surface area contributed by atoms with Gasteiger partial charge >= 0.3 is 0 Å². The molecule has 4 aromatic carbocycles. The van der Waals surface area contributed by atoms with Crippen molar-refractivity contribution in [3.8, 4) is 11.1 Å². The SMILES string of the molecule is Nc1ccc(-c2cccc3c(N)c(N)c(N)c(S(=O)(=O)c4ccccc4)c23)cc1. The second-order valence-electron chi connectivity index (χ2n) is 6.74. The van der Waals surface area contributed by atoms with Gasteiger partial charge in [0.2, 0.25) is 9.84 Å². The Kier molecular flexibility index (Phi) is 4.32. The number of rotatable bonds is 3. The molecule has 0 aromatic heterocycles. The zero-order valence-electron chi connectivity index (χ0n) is 15.5. The molecule has 0 aliphatic carbocycles. The normalized spacial score (nSPS) is 11.6. The maximum atomic E-state index is 13.6. The third kappa shape index (κ3) is 2.92. The van der Waals surface area contributed by atoms with E-state index in [-0.39, 0.29) is 26.9 Å². The van der Waals surface area contributed by atoms with Crippen LogP contribution in [0.2, 0.25) is 0 Å². The molecule has 6 nitrogen and oxygen atoms in total. The first-order valence-electron chi connectivity index (χ1n) is 8.87. The minimum absolute atomic E-state index is 0.0437. The van der Waals surface area contributed by atoms with Crippen molar-refractivity contribution >= 4 is 43.4 Å². The van der Waals surface area contributed by atoms with Gasteiger partial charge in [-0.1, -0.05) is 48.5 Å². The van der Waals surface area contributed by atoms with Crippen LogP contribution in [0.1, 0.15) is 0 Å². The van der Waals surface area contributed by atoms with Crippen molar-refractivity contribution in [2.75, 3.05) is 22.9 Å². The molecule has 0 aliphatic heterocycles. The minimum Gasteiger partial charge on any atom is -0.399 e. The van der Waals surface area contributed by atoms with Crippen molar-refractivity contribution in [2.24, 2.45) is 0 Å². The summed E-state index contributed by atoms with van der Waals surface area (Å²) in [7, 11) is -3.96. The molecular weight excluding hydrogens is 384 g/mol. The van der Waals surface area contributed by atoms with Gasteiger partial charge in [0.25, 0.3) is 0 Å². The number of hydrogen-bond donors (Lipinski definition) is 4. The molecule has 0 heterocycles. The summed E-state index contributed by atoms with van der Waals surface area (Å²) in [5, 5.41) is 0.964. The van der Waals surface area contributed by atoms with Crippen molar-refractivity contribution in [3.05, 3.63) is 72.8 Å². The summed E-state index contributed by atoms with van der Waals surface area (Å²) in [6, 6.07) is 20.6. The lowest BCUT2D eigenvalue weighted by atomic mass is 9.96. The van der Waals surface area contributed by atoms with E-state index in [1.54, 1.807) is 42.5 Å². The van der Waals surface area contributed by atoms with E-state index >= 15 is 0 Å². The maximum absolute atomic E-state index is 13.6. The van der Waals surface area contributed by atoms with Crippen LogP contribution in [0.4, 0.5) is 22.7 Å². The van der Waals surface area contributed by atoms with E-state index in [9.17, 15) is 8.42 Å². The monoisotopic (exact) mass is 404 g/mol. The number of anilines is 4. The molecule has 29 heavy (non-hydrogen) atoms. The fourth-order valence-electron chi connectivity index (χ4n) is 3.47. The van der Waals surface area contributed by atoms with Crippen LogP contribution >= 0.6 is 0 Å². The predicted molar refractivity (Wildman–Crippen MR) is 119 cm³/mol. The second-order valence-corrected chi connectivity index (χ2v) is 8.62. The summed E-state index contributed by atoms with van der Waals surface area (Å²) in [6.45, 7) is 0. The highest BCUT2D eigenvalue weighted by molar-refractivity contribution is 7.92. The molecule has 0 atom stereocenters. The summed E-state index contributed by atoms with van der Waals surface area (Å²) in [5.74, 6) is 0. The van der Waals surface area contributed by atoms with Crippen LogP contribution < -0.4 is 22.9 Å². The number of hydrogen-bond acceptors (Lipinski definition) is 6. The predicted octanol–water partition coefficient (Wildman–Crippen LogP) is 3.67. The van der Waals surface area contributed by atoms with E-state index in [2.05, 4.69) is 0 Å². The van der Waals surface area contributed by atoms with E-state index in [0.717, 1.165) is 5.56 Å². The Bertz CT molecular complexity index is 1330. The van der Waals surface area contributed by atoms with E-state index in [1.807, 2.05) is 18.2 Å². The zero-order chi connectivity index (χ0) is 20.8. The lowest BCUT2D eigenvalue weighted by Gasteiger charge is -2.19. The van der Waals surface area contributed by atoms with Crippen molar-refractivity contribution in [1.29, 1.82) is 0 Å². The van der Waals surface area contributed by atoms with Crippen LogP contribution in [0.25, 0.3) is 21.9 Å². The number of fused-ring (bicyclic) bond motifs is 1. The van der Waals surface area contributed by atoms with Gasteiger partial charge in [-0.2, -0.15) is 0 Å². The van der Waals surface area contributed by atoms with Gasteiger partial charge < -0.3 is 22.9 Å². The first kappa shape index (κ1) is 18.6. The molecule has 0 aliphatic rings. The van der Waals surface area contributed by atoms with E-state index in [4.69, 9.17) is 22.9 Å². The Morgan fingerprint density at radius 1 is 0.621 bits per heavy atom. The number of nitrogens with two attached hydrogens (primary N) is 4. The Labute approximate surface area is 168 Å². The fourth-order valence-corrected chi connectivity index (χ4v) is 5.11. The fraction of sp³-hybridized carbons (Fsp3) is 0. The molecule has 7 heteroatoms. The van der Waals surface area contributed by atoms with Crippen molar-refractivity contribution in [3.63, 3.8) is 0 Å². The molecule has 0 unspecified atom stereocenters. The Balaban J connectivity index is 2.18. The van der Waals surface area contributed by atoms with Gasteiger partial charge in [-0.25, -0.2) is 8.42 Å². The van der Waals surface area contributed by atoms with E-state index in [1.165, 1.54) is 12.1 Å². The summed E-state index contributed by atoms with van der Waals surface area (Å²) in [4.78, 5) is 0.0853. The molecular formula is C22H20N4O2S. The molecule has 0 spiro atoms. The minimum atomic E-state index is -3.96. The first-order chi connectivity index (χ1) is 13.8. The highest BCUT2D eigenvalue weighted by atomic mass is 32.2. The largest absolute Gasteiger partial charge is 0.399 e. The van der Waals surface area contributed by atoms with Gasteiger partial charge in [-0.3, -0.25) is 0 Å². The van der Waals surface area contributed by atoms with Gasteiger partial charge in [-0.05, 0) is 35.4 Å². The highest BCUT2D eigenvalue weighted by Gasteiger charge is 2.28. The van der Waals surface area contributed by atoms with Crippen molar-refractivity contribution in [1.82, 2.24) is 0 Å². The van der Waals surface area contributed by atoms with Crippen LogP contribution in [0.15, 0.2) is 82.6 Å². The molecule has 0 bridgehead atoms. The van der Waals surface area contributed by atoms with Crippen molar-refractivity contribution < 1.29 is 8.42 Å². The van der Waals surface area contributed by atoms with Gasteiger partial charge in [0.1, 0.15) is 4.90 Å². The number of sulfone groups is 1. The number of nitrogen functional groups attached to an aromatic ring is 4. The van der Waals surface area contributed by atoms with Gasteiger partial charge in [0.15, 0.2) is 0 Å². The topological polar surface area (TPSA) is 138 Å². The van der Waals surface area contributed by atoms with Gasteiger partial charge in [0, 0.05) is 16.5 Å². The third-order valence-electron chi connectivity index (χ3n) is 4.95. The molecule has 0 amide bonds. The first-order valence-corrected chi connectivity index (χ1v) is 10.4. The average molecular weight is 404 g/mol. The smallest absolute Gasteiger partial charge is 0.209 e. The Morgan fingerprint density at radius 3 is 1.93 bits per heavy atom. The molecule has 0 fully saturated rings. The second kappa shape index (κ2) is 6.72. The quantitative estimate of drug-likeness (QED) is 0.384. The van der Waals surface area contributed by atoms with E-state index < -0.39 is 9.84 Å². The molecule has 146 valence electrons. The summed E-state index contributed by atoms with van der Waals surface area (Å²) >= 11 is 0. The highest BCUT2D eigenvalue weighted by Crippen LogP contribution is 2.45. The summed E-state index contributed by atoms with van der Waals surface area (Å²) in [5.41, 5.74) is 26.7. The van der Waals surface area contributed by atoms with Crippen LogP contribution in [0.5, 0.6) is 0 Å². The molecule has 0 saturated heterocycles. The number of benzene rings is 4. The standard InChI is InChI=1S/C22H20N4O2S/c23-14-11-9-13(10-12-14)16-7-4-8-17-18(16)22(21(26)20(25)19(17)24)29(27,28)15-5-2-1-3-6-15/h1-12H,23-26H2. The molecule has 8 N–H and O–H groups in total. The summed E-state index contributed by atoms with van der Waals surface area (Å²) in [6.07, 6.45) is 0. The van der Waals surface area contributed by atoms with Crippen LogP contribution in [0, 0.1) is 0 Å². The summed E-state index contributed by atoms with van der Waals surface area (Å²) < 4.78 is 27.1.